The molecule has 2 aliphatic heterocycles. The molecular formula is C18H21ClN2O4. The first kappa shape index (κ1) is 17.9. The first-order valence-electron chi connectivity index (χ1n) is 8.54. The van der Waals surface area contributed by atoms with Gasteiger partial charge in [-0.2, -0.15) is 0 Å². The third kappa shape index (κ3) is 3.70. The molecule has 0 saturated carbocycles. The molecule has 2 atom stereocenters. The van der Waals surface area contributed by atoms with Gasteiger partial charge in [0.05, 0.1) is 30.7 Å². The monoisotopic (exact) mass is 364 g/mol. The van der Waals surface area contributed by atoms with Crippen LogP contribution in [0.2, 0.25) is 5.02 Å². The van der Waals surface area contributed by atoms with Crippen LogP contribution in [0.25, 0.3) is 0 Å². The summed E-state index contributed by atoms with van der Waals surface area (Å²) in [6.45, 7) is 3.27. The van der Waals surface area contributed by atoms with Crippen LogP contribution in [0.3, 0.4) is 0 Å². The number of carbonyl (C=O) groups is 3. The summed E-state index contributed by atoms with van der Waals surface area (Å²) in [5.41, 5.74) is 0.490. The van der Waals surface area contributed by atoms with Gasteiger partial charge in [0.25, 0.3) is 5.91 Å². The van der Waals surface area contributed by atoms with Crippen LogP contribution in [0.15, 0.2) is 24.3 Å². The molecule has 1 aromatic carbocycles. The Labute approximate surface area is 151 Å². The zero-order valence-electron chi connectivity index (χ0n) is 14.1. The molecule has 2 saturated heterocycles. The Morgan fingerprint density at radius 2 is 2.16 bits per heavy atom. The number of halogens is 1. The van der Waals surface area contributed by atoms with Crippen LogP contribution in [-0.4, -0.2) is 48.4 Å². The van der Waals surface area contributed by atoms with Gasteiger partial charge in [-0.25, -0.2) is 4.90 Å². The molecule has 0 spiro atoms. The van der Waals surface area contributed by atoms with Crippen molar-refractivity contribution in [1.29, 1.82) is 0 Å². The summed E-state index contributed by atoms with van der Waals surface area (Å²) >= 11 is 5.98. The number of likely N-dealkylation sites (tertiary alicyclic amines) is 1. The van der Waals surface area contributed by atoms with Crippen LogP contribution >= 0.6 is 11.6 Å². The molecular weight excluding hydrogens is 344 g/mol. The molecule has 0 bridgehead atoms. The highest BCUT2D eigenvalue weighted by molar-refractivity contribution is 6.31. The summed E-state index contributed by atoms with van der Waals surface area (Å²) in [7, 11) is 0. The Balaban J connectivity index is 1.74. The summed E-state index contributed by atoms with van der Waals surface area (Å²) in [4.78, 5) is 40.4. The summed E-state index contributed by atoms with van der Waals surface area (Å²) in [5, 5.41) is 0.474. The molecule has 2 amide bonds. The Bertz CT molecular complexity index is 693. The Morgan fingerprint density at radius 3 is 2.88 bits per heavy atom. The molecule has 0 aliphatic carbocycles. The topological polar surface area (TPSA) is 66.9 Å². The minimum absolute atomic E-state index is 0.126. The SMILES string of the molecule is CCOC(=O)[C@H]1CCCN([C@H]2CC(=O)N(c3cccc(Cl)c3)C2=O)C1. The van der Waals surface area contributed by atoms with Crippen molar-refractivity contribution in [2.75, 3.05) is 24.6 Å². The Hall–Kier alpha value is -1.92. The predicted molar refractivity (Wildman–Crippen MR) is 93.3 cm³/mol. The quantitative estimate of drug-likeness (QED) is 0.605. The number of esters is 1. The highest BCUT2D eigenvalue weighted by atomic mass is 35.5. The van der Waals surface area contributed by atoms with E-state index < -0.39 is 6.04 Å². The zero-order valence-corrected chi connectivity index (χ0v) is 14.9. The van der Waals surface area contributed by atoms with Gasteiger partial charge >= 0.3 is 5.97 Å². The maximum atomic E-state index is 12.8. The second kappa shape index (κ2) is 7.54. The number of anilines is 1. The largest absolute Gasteiger partial charge is 0.466 e. The molecule has 3 rings (SSSR count). The zero-order chi connectivity index (χ0) is 18.0. The molecule has 2 heterocycles. The molecule has 134 valence electrons. The number of piperidine rings is 1. The lowest BCUT2D eigenvalue weighted by molar-refractivity contribution is -0.150. The predicted octanol–water partition coefficient (Wildman–Crippen LogP) is 2.25. The normalized spacial score (nSPS) is 24.6. The van der Waals surface area contributed by atoms with E-state index in [1.165, 1.54) is 4.90 Å². The first-order valence-corrected chi connectivity index (χ1v) is 8.92. The molecule has 7 heteroatoms. The third-order valence-electron chi connectivity index (χ3n) is 4.70. The third-order valence-corrected chi connectivity index (χ3v) is 4.94. The number of imide groups is 1. The summed E-state index contributed by atoms with van der Waals surface area (Å²) < 4.78 is 5.10. The number of benzene rings is 1. The maximum Gasteiger partial charge on any atom is 0.310 e. The summed E-state index contributed by atoms with van der Waals surface area (Å²) in [6, 6.07) is 6.19. The van der Waals surface area contributed by atoms with Crippen molar-refractivity contribution in [3.63, 3.8) is 0 Å². The number of hydrogen-bond acceptors (Lipinski definition) is 5. The van der Waals surface area contributed by atoms with Gasteiger partial charge in [-0.3, -0.25) is 19.3 Å². The van der Waals surface area contributed by atoms with Gasteiger partial charge in [-0.05, 0) is 44.5 Å². The van der Waals surface area contributed by atoms with Gasteiger partial charge in [-0.15, -0.1) is 0 Å². The second-order valence-electron chi connectivity index (χ2n) is 6.35. The lowest BCUT2D eigenvalue weighted by atomic mass is 9.96. The molecule has 1 aromatic rings. The van der Waals surface area contributed by atoms with E-state index in [2.05, 4.69) is 0 Å². The van der Waals surface area contributed by atoms with E-state index >= 15 is 0 Å². The Morgan fingerprint density at radius 1 is 1.36 bits per heavy atom. The van der Waals surface area contributed by atoms with Crippen molar-refractivity contribution in [1.82, 2.24) is 4.90 Å². The van der Waals surface area contributed by atoms with Gasteiger partial charge < -0.3 is 4.74 Å². The highest BCUT2D eigenvalue weighted by Gasteiger charge is 2.44. The van der Waals surface area contributed by atoms with Crippen molar-refractivity contribution < 1.29 is 19.1 Å². The molecule has 2 fully saturated rings. The van der Waals surface area contributed by atoms with Crippen LogP contribution in [0.4, 0.5) is 5.69 Å². The fraction of sp³-hybridized carbons (Fsp3) is 0.500. The minimum atomic E-state index is -0.524. The van der Waals surface area contributed by atoms with E-state index in [-0.39, 0.29) is 30.1 Å². The molecule has 2 aliphatic rings. The lowest BCUT2D eigenvalue weighted by Crippen LogP contribution is -2.48. The van der Waals surface area contributed by atoms with Crippen molar-refractivity contribution in [2.24, 2.45) is 5.92 Å². The van der Waals surface area contributed by atoms with Crippen LogP contribution < -0.4 is 4.90 Å². The minimum Gasteiger partial charge on any atom is -0.466 e. The number of amides is 2. The Kier molecular flexibility index (Phi) is 5.39. The molecule has 0 radical (unpaired) electrons. The van der Waals surface area contributed by atoms with Crippen LogP contribution in [-0.2, 0) is 19.1 Å². The van der Waals surface area contributed by atoms with Crippen molar-refractivity contribution in [3.05, 3.63) is 29.3 Å². The van der Waals surface area contributed by atoms with Crippen molar-refractivity contribution in [2.45, 2.75) is 32.2 Å². The first-order chi connectivity index (χ1) is 12.0. The van der Waals surface area contributed by atoms with Crippen LogP contribution in [0.5, 0.6) is 0 Å². The van der Waals surface area contributed by atoms with Crippen molar-refractivity contribution in [3.8, 4) is 0 Å². The molecule has 0 aromatic heterocycles. The van der Waals surface area contributed by atoms with E-state index in [1.54, 1.807) is 31.2 Å². The highest BCUT2D eigenvalue weighted by Crippen LogP contribution is 2.30. The van der Waals surface area contributed by atoms with Crippen LogP contribution in [0, 0.1) is 5.92 Å². The van der Waals surface area contributed by atoms with E-state index in [4.69, 9.17) is 16.3 Å². The molecule has 0 unspecified atom stereocenters. The van der Waals surface area contributed by atoms with Gasteiger partial charge in [-0.1, -0.05) is 17.7 Å². The average molecular weight is 365 g/mol. The average Bonchev–Trinajstić information content (AvgIpc) is 2.90. The fourth-order valence-electron chi connectivity index (χ4n) is 3.53. The molecule has 25 heavy (non-hydrogen) atoms. The number of nitrogens with zero attached hydrogens (tertiary/aromatic N) is 2. The van der Waals surface area contributed by atoms with Gasteiger partial charge in [0, 0.05) is 11.6 Å². The number of rotatable bonds is 4. The van der Waals surface area contributed by atoms with E-state index in [9.17, 15) is 14.4 Å². The van der Waals surface area contributed by atoms with Crippen molar-refractivity contribution >= 4 is 35.1 Å². The standard InChI is InChI=1S/C18H21ClN2O4/c1-2-25-18(24)12-5-4-8-20(11-12)15-10-16(22)21(17(15)23)14-7-3-6-13(19)9-14/h3,6-7,9,12,15H,2,4-5,8,10-11H2,1H3/t12-,15-/m0/s1. The fourth-order valence-corrected chi connectivity index (χ4v) is 3.71. The number of carbonyl (C=O) groups excluding carboxylic acids is 3. The van der Waals surface area contributed by atoms with Crippen LogP contribution in [0.1, 0.15) is 26.2 Å². The number of hydrogen-bond donors (Lipinski definition) is 0. The van der Waals surface area contributed by atoms with Gasteiger partial charge in [0.15, 0.2) is 0 Å². The lowest BCUT2D eigenvalue weighted by Gasteiger charge is -2.34. The smallest absolute Gasteiger partial charge is 0.310 e. The summed E-state index contributed by atoms with van der Waals surface area (Å²) in [5.74, 6) is -0.959. The number of ether oxygens (including phenoxy) is 1. The van der Waals surface area contributed by atoms with E-state index in [1.807, 2.05) is 4.90 Å². The maximum absolute atomic E-state index is 12.8. The van der Waals surface area contributed by atoms with E-state index in [0.29, 0.717) is 30.4 Å². The molecule has 6 nitrogen and oxygen atoms in total. The van der Waals surface area contributed by atoms with Gasteiger partial charge in [0.1, 0.15) is 0 Å². The second-order valence-corrected chi connectivity index (χ2v) is 6.79. The molecule has 0 N–H and O–H groups in total. The van der Waals surface area contributed by atoms with E-state index in [0.717, 1.165) is 12.8 Å². The summed E-state index contributed by atoms with van der Waals surface area (Å²) in [6.07, 6.45) is 1.68. The van der Waals surface area contributed by atoms with Gasteiger partial charge in [0.2, 0.25) is 5.91 Å².